The molecule has 0 fully saturated rings. The van der Waals surface area contributed by atoms with Gasteiger partial charge in [0, 0.05) is 19.1 Å². The van der Waals surface area contributed by atoms with Gasteiger partial charge in [0.25, 0.3) is 0 Å². The number of hydrogen-bond donors (Lipinski definition) is 2. The maximum atomic E-state index is 10.6. The zero-order chi connectivity index (χ0) is 12.8. The van der Waals surface area contributed by atoms with Gasteiger partial charge in [-0.3, -0.25) is 0 Å². The molecule has 0 spiro atoms. The van der Waals surface area contributed by atoms with E-state index in [0.29, 0.717) is 18.3 Å². The molecule has 0 aliphatic carbocycles. The van der Waals surface area contributed by atoms with Crippen molar-refractivity contribution in [2.24, 2.45) is 0 Å². The zero-order valence-electron chi connectivity index (χ0n) is 10.6. The Morgan fingerprint density at radius 3 is 2.76 bits per heavy atom. The highest BCUT2D eigenvalue weighted by Crippen LogP contribution is 2.07. The minimum atomic E-state index is -1.03. The second-order valence-corrected chi connectivity index (χ2v) is 4.32. The van der Waals surface area contributed by atoms with Crippen LogP contribution in [-0.2, 0) is 6.54 Å². The van der Waals surface area contributed by atoms with Crippen molar-refractivity contribution in [2.45, 2.75) is 26.4 Å². The van der Waals surface area contributed by atoms with Crippen LogP contribution < -0.4 is 5.32 Å². The molecule has 5 nitrogen and oxygen atoms in total. The summed E-state index contributed by atoms with van der Waals surface area (Å²) in [6, 6.07) is 3.68. The number of carbonyl (C=O) groups is 1. The Hall–Kier alpha value is -1.33. The molecule has 0 amide bonds. The number of aromatic carboxylic acids is 1. The lowest BCUT2D eigenvalue weighted by Crippen LogP contribution is -2.33. The highest BCUT2D eigenvalue weighted by atomic mass is 16.4. The van der Waals surface area contributed by atoms with Crippen molar-refractivity contribution in [1.82, 2.24) is 10.2 Å². The Morgan fingerprint density at radius 1 is 1.53 bits per heavy atom. The standard InChI is InChI=1S/C12H20N2O3/c1-9(2)14(3)7-6-13-8-10-4-5-11(17-10)12(15)16/h4-5,9,13H,6-8H2,1-3H3,(H,15,16). The minimum Gasteiger partial charge on any atom is -0.475 e. The van der Waals surface area contributed by atoms with Crippen molar-refractivity contribution in [3.63, 3.8) is 0 Å². The molecule has 2 N–H and O–H groups in total. The largest absolute Gasteiger partial charge is 0.475 e. The highest BCUT2D eigenvalue weighted by Gasteiger charge is 2.08. The Bertz CT molecular complexity index is 360. The molecule has 0 radical (unpaired) electrons. The third-order valence-corrected chi connectivity index (χ3v) is 2.69. The van der Waals surface area contributed by atoms with Gasteiger partial charge in [0.15, 0.2) is 0 Å². The van der Waals surface area contributed by atoms with Crippen LogP contribution in [0.25, 0.3) is 0 Å². The first kappa shape index (κ1) is 13.7. The molecule has 0 saturated heterocycles. The molecule has 0 aliphatic rings. The first-order chi connectivity index (χ1) is 8.00. The van der Waals surface area contributed by atoms with Crippen molar-refractivity contribution < 1.29 is 14.3 Å². The quantitative estimate of drug-likeness (QED) is 0.705. The topological polar surface area (TPSA) is 65.7 Å². The van der Waals surface area contributed by atoms with Crippen LogP contribution in [-0.4, -0.2) is 42.2 Å². The third-order valence-electron chi connectivity index (χ3n) is 2.69. The van der Waals surface area contributed by atoms with Gasteiger partial charge >= 0.3 is 5.97 Å². The lowest BCUT2D eigenvalue weighted by molar-refractivity contribution is 0.0660. The van der Waals surface area contributed by atoms with Crippen LogP contribution >= 0.6 is 0 Å². The van der Waals surface area contributed by atoms with Gasteiger partial charge < -0.3 is 19.7 Å². The van der Waals surface area contributed by atoms with Gasteiger partial charge in [-0.05, 0) is 33.0 Å². The summed E-state index contributed by atoms with van der Waals surface area (Å²) >= 11 is 0. The molecule has 96 valence electrons. The molecule has 0 saturated carbocycles. The predicted molar refractivity (Wildman–Crippen MR) is 65.1 cm³/mol. The second-order valence-electron chi connectivity index (χ2n) is 4.32. The third kappa shape index (κ3) is 4.58. The number of furan rings is 1. The number of rotatable bonds is 7. The first-order valence-corrected chi connectivity index (χ1v) is 5.73. The van der Waals surface area contributed by atoms with Crippen LogP contribution in [0.4, 0.5) is 0 Å². The van der Waals surface area contributed by atoms with Crippen LogP contribution in [0, 0.1) is 0 Å². The fourth-order valence-electron chi connectivity index (χ4n) is 1.31. The highest BCUT2D eigenvalue weighted by molar-refractivity contribution is 5.84. The molecule has 0 aromatic carbocycles. The molecule has 0 unspecified atom stereocenters. The summed E-state index contributed by atoms with van der Waals surface area (Å²) in [5.74, 6) is -0.397. The van der Waals surface area contributed by atoms with Gasteiger partial charge in [0.2, 0.25) is 5.76 Å². The van der Waals surface area contributed by atoms with Crippen LogP contribution in [0.2, 0.25) is 0 Å². The van der Waals surface area contributed by atoms with E-state index >= 15 is 0 Å². The predicted octanol–water partition coefficient (Wildman–Crippen LogP) is 1.41. The fraction of sp³-hybridized carbons (Fsp3) is 0.583. The van der Waals surface area contributed by atoms with E-state index in [9.17, 15) is 4.79 Å². The molecule has 0 bridgehead atoms. The van der Waals surface area contributed by atoms with Gasteiger partial charge in [0.1, 0.15) is 5.76 Å². The maximum absolute atomic E-state index is 10.6. The first-order valence-electron chi connectivity index (χ1n) is 5.73. The lowest BCUT2D eigenvalue weighted by atomic mass is 10.3. The van der Waals surface area contributed by atoms with Crippen molar-refractivity contribution in [3.8, 4) is 0 Å². The number of carboxylic acids is 1. The molecule has 17 heavy (non-hydrogen) atoms. The van der Waals surface area contributed by atoms with Crippen molar-refractivity contribution in [1.29, 1.82) is 0 Å². The van der Waals surface area contributed by atoms with Gasteiger partial charge in [-0.1, -0.05) is 0 Å². The molecule has 0 atom stereocenters. The Balaban J connectivity index is 2.24. The van der Waals surface area contributed by atoms with E-state index in [-0.39, 0.29) is 5.76 Å². The molecular weight excluding hydrogens is 220 g/mol. The monoisotopic (exact) mass is 240 g/mol. The van der Waals surface area contributed by atoms with Crippen LogP contribution in [0.3, 0.4) is 0 Å². The summed E-state index contributed by atoms with van der Waals surface area (Å²) in [6.07, 6.45) is 0. The fourth-order valence-corrected chi connectivity index (χ4v) is 1.31. The summed E-state index contributed by atoms with van der Waals surface area (Å²) in [5, 5.41) is 11.9. The smallest absolute Gasteiger partial charge is 0.371 e. The second kappa shape index (κ2) is 6.42. The Labute approximate surface area is 101 Å². The number of likely N-dealkylation sites (N-methyl/N-ethyl adjacent to an activating group) is 1. The molecule has 5 heteroatoms. The SMILES string of the molecule is CC(C)N(C)CCNCc1ccc(C(=O)O)o1. The van der Waals surface area contributed by atoms with E-state index in [0.717, 1.165) is 13.1 Å². The minimum absolute atomic E-state index is 0.0129. The average molecular weight is 240 g/mol. The number of nitrogens with zero attached hydrogens (tertiary/aromatic N) is 1. The normalized spacial score (nSPS) is 11.4. The van der Waals surface area contributed by atoms with E-state index in [4.69, 9.17) is 9.52 Å². The molecule has 1 rings (SSSR count). The molecule has 0 aliphatic heterocycles. The number of carboxylic acid groups (broad SMARTS) is 1. The van der Waals surface area contributed by atoms with Crippen molar-refractivity contribution >= 4 is 5.97 Å². The summed E-state index contributed by atoms with van der Waals surface area (Å²) in [4.78, 5) is 12.8. The summed E-state index contributed by atoms with van der Waals surface area (Å²) in [7, 11) is 2.07. The molecule has 1 aromatic rings. The number of hydrogen-bond acceptors (Lipinski definition) is 4. The molecular formula is C12H20N2O3. The van der Waals surface area contributed by atoms with Gasteiger partial charge in [-0.25, -0.2) is 4.79 Å². The van der Waals surface area contributed by atoms with E-state index in [1.54, 1.807) is 6.07 Å². The summed E-state index contributed by atoms with van der Waals surface area (Å²) in [5.41, 5.74) is 0. The Morgan fingerprint density at radius 2 is 2.24 bits per heavy atom. The summed E-state index contributed by atoms with van der Waals surface area (Å²) < 4.78 is 5.12. The van der Waals surface area contributed by atoms with E-state index in [1.807, 2.05) is 0 Å². The Kier molecular flexibility index (Phi) is 5.18. The van der Waals surface area contributed by atoms with Crippen molar-refractivity contribution in [2.75, 3.05) is 20.1 Å². The van der Waals surface area contributed by atoms with E-state index < -0.39 is 5.97 Å². The number of nitrogens with one attached hydrogen (secondary N) is 1. The molecule has 1 aromatic heterocycles. The molecule has 1 heterocycles. The van der Waals surface area contributed by atoms with Gasteiger partial charge in [0.05, 0.1) is 6.54 Å². The lowest BCUT2D eigenvalue weighted by Gasteiger charge is -2.20. The van der Waals surface area contributed by atoms with E-state index in [1.165, 1.54) is 6.07 Å². The average Bonchev–Trinajstić information content (AvgIpc) is 2.72. The van der Waals surface area contributed by atoms with Crippen molar-refractivity contribution in [3.05, 3.63) is 23.7 Å². The summed E-state index contributed by atoms with van der Waals surface area (Å²) in [6.45, 7) is 6.64. The van der Waals surface area contributed by atoms with E-state index in [2.05, 4.69) is 31.1 Å². The van der Waals surface area contributed by atoms with Gasteiger partial charge in [-0.15, -0.1) is 0 Å². The maximum Gasteiger partial charge on any atom is 0.371 e. The van der Waals surface area contributed by atoms with Crippen LogP contribution in [0.15, 0.2) is 16.5 Å². The van der Waals surface area contributed by atoms with Crippen LogP contribution in [0.1, 0.15) is 30.2 Å². The van der Waals surface area contributed by atoms with Crippen LogP contribution in [0.5, 0.6) is 0 Å². The zero-order valence-corrected chi connectivity index (χ0v) is 10.6. The van der Waals surface area contributed by atoms with Gasteiger partial charge in [-0.2, -0.15) is 0 Å².